The third-order valence-electron chi connectivity index (χ3n) is 2.47. The fraction of sp³-hybridized carbons (Fsp3) is 0.250. The molecule has 0 saturated heterocycles. The van der Waals surface area contributed by atoms with Gasteiger partial charge in [-0.15, -0.1) is 0 Å². The Morgan fingerprint density at radius 1 is 1.35 bits per heavy atom. The van der Waals surface area contributed by atoms with Crippen molar-refractivity contribution in [3.05, 3.63) is 24.0 Å². The van der Waals surface area contributed by atoms with Gasteiger partial charge in [0.05, 0.1) is 12.8 Å². The monoisotopic (exact) mass is 234 g/mol. The van der Waals surface area contributed by atoms with Crippen molar-refractivity contribution < 1.29 is 13.9 Å². The highest BCUT2D eigenvalue weighted by Gasteiger charge is 2.16. The number of carbonyl (C=O) groups is 1. The second-order valence-electron chi connectivity index (χ2n) is 3.95. The van der Waals surface area contributed by atoms with E-state index < -0.39 is 0 Å². The fourth-order valence-corrected chi connectivity index (χ4v) is 1.60. The molecular weight excluding hydrogens is 220 g/mol. The Kier molecular flexibility index (Phi) is 2.67. The molecular formula is C12H14N2O3. The molecule has 17 heavy (non-hydrogen) atoms. The van der Waals surface area contributed by atoms with Crippen LogP contribution in [0, 0.1) is 0 Å². The smallest absolute Gasteiger partial charge is 0.289 e. The molecule has 1 aromatic carbocycles. The van der Waals surface area contributed by atoms with Crippen molar-refractivity contribution >= 4 is 22.6 Å². The van der Waals surface area contributed by atoms with Gasteiger partial charge in [0.2, 0.25) is 0 Å². The summed E-state index contributed by atoms with van der Waals surface area (Å²) in [6, 6.07) is 5.11. The molecule has 5 heteroatoms. The van der Waals surface area contributed by atoms with Crippen LogP contribution in [0.2, 0.25) is 0 Å². The van der Waals surface area contributed by atoms with Gasteiger partial charge in [-0.05, 0) is 12.1 Å². The number of rotatable bonds is 2. The molecule has 1 heterocycles. The van der Waals surface area contributed by atoms with E-state index >= 15 is 0 Å². The second-order valence-corrected chi connectivity index (χ2v) is 3.95. The van der Waals surface area contributed by atoms with E-state index in [9.17, 15) is 4.79 Å². The number of nitrogen functional groups attached to an aromatic ring is 1. The van der Waals surface area contributed by atoms with Gasteiger partial charge in [-0.25, -0.2) is 0 Å². The molecule has 2 rings (SSSR count). The summed E-state index contributed by atoms with van der Waals surface area (Å²) >= 11 is 0. The predicted molar refractivity (Wildman–Crippen MR) is 65.2 cm³/mol. The molecule has 1 amide bonds. The Morgan fingerprint density at radius 3 is 2.65 bits per heavy atom. The first kappa shape index (κ1) is 11.3. The number of benzene rings is 1. The summed E-state index contributed by atoms with van der Waals surface area (Å²) in [4.78, 5) is 13.2. The van der Waals surface area contributed by atoms with Crippen LogP contribution in [0.4, 0.5) is 5.69 Å². The third kappa shape index (κ3) is 1.91. The van der Waals surface area contributed by atoms with Gasteiger partial charge >= 0.3 is 0 Å². The quantitative estimate of drug-likeness (QED) is 0.803. The summed E-state index contributed by atoms with van der Waals surface area (Å²) in [7, 11) is 4.89. The summed E-state index contributed by atoms with van der Waals surface area (Å²) in [5.74, 6) is 0.712. The normalized spacial score (nSPS) is 10.5. The highest BCUT2D eigenvalue weighted by atomic mass is 16.5. The molecule has 2 N–H and O–H groups in total. The number of nitrogens with zero attached hydrogens (tertiary/aromatic N) is 1. The molecule has 0 spiro atoms. The minimum absolute atomic E-state index is 0.195. The Morgan fingerprint density at radius 2 is 2.06 bits per heavy atom. The molecule has 1 aromatic heterocycles. The van der Waals surface area contributed by atoms with Crippen LogP contribution in [0.25, 0.3) is 11.0 Å². The summed E-state index contributed by atoms with van der Waals surface area (Å²) in [6.07, 6.45) is 0. The standard InChI is InChI=1S/C12H14N2O3/c1-14(2)12(15)10-5-7-4-8(16-3)6-9(13)11(7)17-10/h4-6H,13H2,1-3H3. The summed E-state index contributed by atoms with van der Waals surface area (Å²) < 4.78 is 10.6. The third-order valence-corrected chi connectivity index (χ3v) is 2.47. The van der Waals surface area contributed by atoms with Gasteiger partial charge in [0.15, 0.2) is 11.3 Å². The summed E-state index contributed by atoms with van der Waals surface area (Å²) in [6.45, 7) is 0. The molecule has 0 aliphatic rings. The van der Waals surface area contributed by atoms with Crippen LogP contribution in [-0.4, -0.2) is 32.0 Å². The highest BCUT2D eigenvalue weighted by molar-refractivity contribution is 5.99. The minimum Gasteiger partial charge on any atom is -0.497 e. The van der Waals surface area contributed by atoms with Crippen molar-refractivity contribution in [2.45, 2.75) is 0 Å². The van der Waals surface area contributed by atoms with Crippen LogP contribution in [0.5, 0.6) is 5.75 Å². The van der Waals surface area contributed by atoms with E-state index in [1.54, 1.807) is 39.4 Å². The van der Waals surface area contributed by atoms with Crippen molar-refractivity contribution in [1.82, 2.24) is 4.90 Å². The lowest BCUT2D eigenvalue weighted by Gasteiger charge is -2.06. The summed E-state index contributed by atoms with van der Waals surface area (Å²) in [5, 5.41) is 0.757. The maximum atomic E-state index is 11.7. The van der Waals surface area contributed by atoms with Gasteiger partial charge in [0.25, 0.3) is 5.91 Å². The van der Waals surface area contributed by atoms with Crippen molar-refractivity contribution in [3.8, 4) is 5.75 Å². The van der Waals surface area contributed by atoms with Crippen molar-refractivity contribution in [2.75, 3.05) is 26.9 Å². The first-order chi connectivity index (χ1) is 8.02. The van der Waals surface area contributed by atoms with Crippen LogP contribution in [0.1, 0.15) is 10.6 Å². The van der Waals surface area contributed by atoms with E-state index in [1.807, 2.05) is 0 Å². The van der Waals surface area contributed by atoms with Crippen LogP contribution < -0.4 is 10.5 Å². The number of anilines is 1. The average molecular weight is 234 g/mol. The van der Waals surface area contributed by atoms with Crippen molar-refractivity contribution in [2.24, 2.45) is 0 Å². The van der Waals surface area contributed by atoms with Crippen molar-refractivity contribution in [1.29, 1.82) is 0 Å². The number of amides is 1. The van der Waals surface area contributed by atoms with Gasteiger partial charge in [-0.3, -0.25) is 4.79 Å². The molecule has 0 aliphatic heterocycles. The van der Waals surface area contributed by atoms with E-state index in [0.717, 1.165) is 5.39 Å². The topological polar surface area (TPSA) is 68.7 Å². The molecule has 0 saturated carbocycles. The lowest BCUT2D eigenvalue weighted by molar-refractivity contribution is 0.0799. The first-order valence-electron chi connectivity index (χ1n) is 5.11. The first-order valence-corrected chi connectivity index (χ1v) is 5.11. The number of nitrogens with two attached hydrogens (primary N) is 1. The van der Waals surface area contributed by atoms with Crippen LogP contribution in [0.3, 0.4) is 0 Å². The molecule has 0 aliphatic carbocycles. The summed E-state index contributed by atoms with van der Waals surface area (Å²) in [5.41, 5.74) is 6.79. The van der Waals surface area contributed by atoms with E-state index in [4.69, 9.17) is 14.9 Å². The zero-order valence-electron chi connectivity index (χ0n) is 9.98. The maximum absolute atomic E-state index is 11.7. The largest absolute Gasteiger partial charge is 0.497 e. The number of furan rings is 1. The molecule has 0 radical (unpaired) electrons. The van der Waals surface area contributed by atoms with Crippen LogP contribution >= 0.6 is 0 Å². The van der Waals surface area contributed by atoms with Crippen LogP contribution in [0.15, 0.2) is 22.6 Å². The molecule has 0 unspecified atom stereocenters. The van der Waals surface area contributed by atoms with Crippen LogP contribution in [-0.2, 0) is 0 Å². The van der Waals surface area contributed by atoms with Crippen molar-refractivity contribution in [3.63, 3.8) is 0 Å². The van der Waals surface area contributed by atoms with E-state index in [-0.39, 0.29) is 11.7 Å². The number of ether oxygens (including phenoxy) is 1. The Bertz CT molecular complexity index is 572. The lowest BCUT2D eigenvalue weighted by atomic mass is 10.2. The SMILES string of the molecule is COc1cc(N)c2oc(C(=O)N(C)C)cc2c1. The van der Waals surface area contributed by atoms with Gasteiger partial charge in [0, 0.05) is 25.5 Å². The van der Waals surface area contributed by atoms with Gasteiger partial charge in [-0.2, -0.15) is 0 Å². The Balaban J connectivity index is 2.57. The van der Waals surface area contributed by atoms with Gasteiger partial charge in [-0.1, -0.05) is 0 Å². The molecule has 5 nitrogen and oxygen atoms in total. The molecule has 90 valence electrons. The molecule has 0 fully saturated rings. The Hall–Kier alpha value is -2.17. The lowest BCUT2D eigenvalue weighted by Crippen LogP contribution is -2.20. The number of carbonyl (C=O) groups excluding carboxylic acids is 1. The molecule has 0 bridgehead atoms. The number of hydrogen-bond donors (Lipinski definition) is 1. The zero-order valence-corrected chi connectivity index (χ0v) is 9.98. The highest BCUT2D eigenvalue weighted by Crippen LogP contribution is 2.30. The van der Waals surface area contributed by atoms with E-state index in [1.165, 1.54) is 4.90 Å². The van der Waals surface area contributed by atoms with E-state index in [0.29, 0.717) is 17.0 Å². The van der Waals surface area contributed by atoms with Gasteiger partial charge in [0.1, 0.15) is 5.75 Å². The number of methoxy groups -OCH3 is 1. The predicted octanol–water partition coefficient (Wildman–Crippen LogP) is 1.73. The van der Waals surface area contributed by atoms with Gasteiger partial charge < -0.3 is 19.8 Å². The maximum Gasteiger partial charge on any atom is 0.289 e. The van der Waals surface area contributed by atoms with E-state index in [2.05, 4.69) is 0 Å². The minimum atomic E-state index is -0.195. The average Bonchev–Trinajstić information content (AvgIpc) is 2.71. The molecule has 2 aromatic rings. The Labute approximate surface area is 98.7 Å². The fourth-order valence-electron chi connectivity index (χ4n) is 1.60. The zero-order chi connectivity index (χ0) is 12.6. The molecule has 0 atom stereocenters. The number of fused-ring (bicyclic) bond motifs is 1. The second kappa shape index (κ2) is 4.01. The number of hydrogen-bond acceptors (Lipinski definition) is 4.